The van der Waals surface area contributed by atoms with Gasteiger partial charge in [-0.05, 0) is 0 Å². The molecule has 41 heavy (non-hydrogen) atoms. The summed E-state index contributed by atoms with van der Waals surface area (Å²) in [5.74, 6) is -0.465. The number of esters is 1. The molecule has 1 saturated heterocycles. The Hall–Kier alpha value is -2.20. The Morgan fingerprint density at radius 3 is 2.32 bits per heavy atom. The van der Waals surface area contributed by atoms with Gasteiger partial charge in [-0.1, -0.05) is 0 Å². The summed E-state index contributed by atoms with van der Waals surface area (Å²) in [6.07, 6.45) is 11.9. The van der Waals surface area contributed by atoms with Crippen molar-refractivity contribution in [3.8, 4) is 11.3 Å². The van der Waals surface area contributed by atoms with E-state index in [-0.39, 0.29) is 18.5 Å². The molecule has 1 aromatic carbocycles. The predicted octanol–water partition coefficient (Wildman–Crippen LogP) is 7.32. The Kier molecular flexibility index (Phi) is 11.5. The van der Waals surface area contributed by atoms with E-state index in [1.807, 2.05) is 17.8 Å². The molecule has 0 bridgehead atoms. The van der Waals surface area contributed by atoms with Crippen LogP contribution in [0, 0.1) is 6.92 Å². The molecule has 0 amide bonds. The van der Waals surface area contributed by atoms with Gasteiger partial charge >= 0.3 is 251 Å². The zero-order valence-electron chi connectivity index (χ0n) is 25.8. The maximum atomic E-state index is 13.3. The SMILES string of the molecule is CCC[CH2][Sn]([CH2]CCC)([CH2]CCC)[c]1nc(C(=O)OCC)c(N)c(-c2c(C)ccc3c2cnn3C2CCCCO2)n1. The van der Waals surface area contributed by atoms with Crippen LogP contribution in [0.2, 0.25) is 13.3 Å². The number of aromatic nitrogens is 4. The summed E-state index contributed by atoms with van der Waals surface area (Å²) in [5, 5.41) is 5.76. The molecule has 0 spiro atoms. The number of ether oxygens (including phenoxy) is 2. The fourth-order valence-electron chi connectivity index (χ4n) is 6.20. The summed E-state index contributed by atoms with van der Waals surface area (Å²) in [6, 6.07) is 4.21. The van der Waals surface area contributed by atoms with Gasteiger partial charge in [-0.15, -0.1) is 0 Å². The Morgan fingerprint density at radius 1 is 1.05 bits per heavy atom. The third kappa shape index (κ3) is 6.90. The maximum absolute atomic E-state index is 13.3. The molecule has 1 atom stereocenters. The van der Waals surface area contributed by atoms with Gasteiger partial charge < -0.3 is 0 Å². The zero-order valence-corrected chi connectivity index (χ0v) is 28.7. The molecule has 2 N–H and O–H groups in total. The molecule has 1 unspecified atom stereocenters. The van der Waals surface area contributed by atoms with Crippen molar-refractivity contribution >= 4 is 44.8 Å². The van der Waals surface area contributed by atoms with Crippen molar-refractivity contribution in [3.63, 3.8) is 0 Å². The molecular formula is C32H49N5O3Sn. The monoisotopic (exact) mass is 671 g/mol. The van der Waals surface area contributed by atoms with Crippen LogP contribution in [0.5, 0.6) is 0 Å². The standard InChI is InChI=1S/C20H22N5O3.3C4H9.Sn/c1-3-27-20(26)19-17(21)18(22-11-23-19)16-12(2)7-8-14-13(16)10-24-25(14)15-6-4-5-9-28-15;3*1-3-4-2;/h7-8,10,15H,3-6,9,21H2,1-2H3;3*1,3-4H2,2H3;. The first-order valence-electron chi connectivity index (χ1n) is 15.8. The predicted molar refractivity (Wildman–Crippen MR) is 169 cm³/mol. The quantitative estimate of drug-likeness (QED) is 0.142. The number of rotatable bonds is 14. The molecule has 1 fully saturated rings. The normalized spacial score (nSPS) is 15.9. The number of carbonyl (C=O) groups is 1. The van der Waals surface area contributed by atoms with E-state index < -0.39 is 24.3 Å². The molecule has 224 valence electrons. The van der Waals surface area contributed by atoms with Gasteiger partial charge in [0.15, 0.2) is 0 Å². The summed E-state index contributed by atoms with van der Waals surface area (Å²) in [5.41, 5.74) is 10.9. The average Bonchev–Trinajstić information content (AvgIpc) is 3.42. The molecule has 8 nitrogen and oxygen atoms in total. The molecule has 1 aliphatic heterocycles. The number of hydrogen-bond acceptors (Lipinski definition) is 7. The summed E-state index contributed by atoms with van der Waals surface area (Å²) >= 11 is -3.14. The Morgan fingerprint density at radius 2 is 1.73 bits per heavy atom. The van der Waals surface area contributed by atoms with E-state index in [2.05, 4.69) is 39.8 Å². The van der Waals surface area contributed by atoms with Gasteiger partial charge in [0.05, 0.1) is 0 Å². The molecule has 0 saturated carbocycles. The van der Waals surface area contributed by atoms with Crippen LogP contribution in [-0.2, 0) is 9.47 Å². The number of hydrogen-bond donors (Lipinski definition) is 1. The molecule has 3 heterocycles. The number of aryl methyl sites for hydroxylation is 1. The number of nitrogens with zero attached hydrogens (tertiary/aromatic N) is 4. The van der Waals surface area contributed by atoms with E-state index in [1.54, 1.807) is 0 Å². The second-order valence-corrected chi connectivity index (χ2v) is 24.4. The Labute approximate surface area is 249 Å². The molecule has 2 aromatic heterocycles. The number of nitrogens with two attached hydrogens (primary N) is 1. The van der Waals surface area contributed by atoms with Crippen LogP contribution in [0.4, 0.5) is 5.69 Å². The molecule has 3 aromatic rings. The van der Waals surface area contributed by atoms with E-state index in [0.717, 1.165) is 71.0 Å². The van der Waals surface area contributed by atoms with Gasteiger partial charge in [-0.25, -0.2) is 0 Å². The number of unbranched alkanes of at least 4 members (excludes halogenated alkanes) is 3. The van der Waals surface area contributed by atoms with Gasteiger partial charge in [0, 0.05) is 0 Å². The zero-order chi connectivity index (χ0) is 29.4. The average molecular weight is 670 g/mol. The van der Waals surface area contributed by atoms with Crippen LogP contribution in [0.1, 0.15) is 108 Å². The van der Waals surface area contributed by atoms with E-state index in [4.69, 9.17) is 30.3 Å². The van der Waals surface area contributed by atoms with Crippen molar-refractivity contribution in [2.45, 2.75) is 112 Å². The first-order chi connectivity index (χ1) is 19.9. The summed E-state index contributed by atoms with van der Waals surface area (Å²) in [6.45, 7) is 11.7. The van der Waals surface area contributed by atoms with Crippen LogP contribution in [-0.4, -0.2) is 57.3 Å². The van der Waals surface area contributed by atoms with Crippen molar-refractivity contribution in [1.29, 1.82) is 0 Å². The number of nitrogen functional groups attached to an aromatic ring is 1. The molecular weight excluding hydrogens is 621 g/mol. The molecule has 9 heteroatoms. The van der Waals surface area contributed by atoms with Crippen LogP contribution < -0.4 is 9.57 Å². The molecule has 0 aliphatic carbocycles. The second-order valence-electron chi connectivity index (χ2n) is 11.6. The first kappa shape index (κ1) is 31.7. The van der Waals surface area contributed by atoms with Crippen LogP contribution in [0.3, 0.4) is 0 Å². The minimum atomic E-state index is -3.14. The van der Waals surface area contributed by atoms with Crippen LogP contribution >= 0.6 is 0 Å². The first-order valence-corrected chi connectivity index (χ1v) is 23.3. The number of anilines is 1. The number of fused-ring (bicyclic) bond motifs is 1. The third-order valence-corrected chi connectivity index (χ3v) is 23.1. The summed E-state index contributed by atoms with van der Waals surface area (Å²) in [7, 11) is 0. The molecule has 4 rings (SSSR count). The van der Waals surface area contributed by atoms with Crippen molar-refractivity contribution in [1.82, 2.24) is 19.7 Å². The van der Waals surface area contributed by atoms with Gasteiger partial charge in [0.1, 0.15) is 0 Å². The van der Waals surface area contributed by atoms with Crippen molar-refractivity contribution < 1.29 is 14.3 Å². The summed E-state index contributed by atoms with van der Waals surface area (Å²) < 4.78 is 18.1. The number of carbonyl (C=O) groups excluding carboxylic acids is 1. The van der Waals surface area contributed by atoms with Gasteiger partial charge in [0.25, 0.3) is 0 Å². The second kappa shape index (κ2) is 14.8. The van der Waals surface area contributed by atoms with Crippen molar-refractivity contribution in [2.75, 3.05) is 18.9 Å². The fraction of sp³-hybridized carbons (Fsp3) is 0.625. The van der Waals surface area contributed by atoms with E-state index in [1.165, 1.54) is 32.6 Å². The fourth-order valence-corrected chi connectivity index (χ4v) is 21.1. The van der Waals surface area contributed by atoms with Crippen molar-refractivity contribution in [2.24, 2.45) is 0 Å². The summed E-state index contributed by atoms with van der Waals surface area (Å²) in [4.78, 5) is 23.8. The van der Waals surface area contributed by atoms with Gasteiger partial charge in [-0.2, -0.15) is 0 Å². The van der Waals surface area contributed by atoms with Crippen LogP contribution in [0.25, 0.3) is 22.2 Å². The Bertz CT molecular complexity index is 1300. The van der Waals surface area contributed by atoms with Crippen LogP contribution in [0.15, 0.2) is 18.3 Å². The third-order valence-electron chi connectivity index (χ3n) is 8.57. The molecule has 1 aliphatic rings. The number of benzene rings is 1. The topological polar surface area (TPSA) is 105 Å². The van der Waals surface area contributed by atoms with Gasteiger partial charge in [-0.3, -0.25) is 0 Å². The van der Waals surface area contributed by atoms with E-state index in [0.29, 0.717) is 11.4 Å². The van der Waals surface area contributed by atoms with E-state index >= 15 is 0 Å². The van der Waals surface area contributed by atoms with Crippen molar-refractivity contribution in [3.05, 3.63) is 29.6 Å². The molecule has 0 radical (unpaired) electrons. The Balaban J connectivity index is 1.97. The van der Waals surface area contributed by atoms with Gasteiger partial charge in [0.2, 0.25) is 0 Å². The van der Waals surface area contributed by atoms with E-state index in [9.17, 15) is 4.79 Å². The minimum absolute atomic E-state index is 0.0776.